The van der Waals surface area contributed by atoms with Gasteiger partial charge < -0.3 is 19.1 Å². The Balaban J connectivity index is 1.93. The molecule has 23 heavy (non-hydrogen) atoms. The van der Waals surface area contributed by atoms with E-state index in [0.717, 1.165) is 23.7 Å². The second-order valence-electron chi connectivity index (χ2n) is 6.71. The molecule has 1 spiro atoms. The molecule has 0 bridgehead atoms. The van der Waals surface area contributed by atoms with Crippen LogP contribution in [0.3, 0.4) is 0 Å². The maximum Gasteiger partial charge on any atom is 0.335 e. The van der Waals surface area contributed by atoms with Crippen LogP contribution in [0.4, 0.5) is 0 Å². The van der Waals surface area contributed by atoms with E-state index in [4.69, 9.17) is 9.47 Å². The number of fused-ring (bicyclic) bond motifs is 3. The van der Waals surface area contributed by atoms with Gasteiger partial charge in [-0.1, -0.05) is 0 Å². The third-order valence-corrected chi connectivity index (χ3v) is 4.99. The van der Waals surface area contributed by atoms with Gasteiger partial charge in [0.2, 0.25) is 0 Å². The molecule has 1 N–H and O–H groups in total. The van der Waals surface area contributed by atoms with E-state index in [1.807, 2.05) is 6.07 Å². The van der Waals surface area contributed by atoms with E-state index in [9.17, 15) is 9.90 Å². The first-order valence-electron chi connectivity index (χ1n) is 8.18. The predicted octanol–water partition coefficient (Wildman–Crippen LogP) is 3.15. The number of benzene rings is 1. The molecule has 0 unspecified atom stereocenters. The fraction of sp³-hybridized carbons (Fsp3) is 0.500. The summed E-state index contributed by atoms with van der Waals surface area (Å²) in [4.78, 5) is 11.3. The van der Waals surface area contributed by atoms with Gasteiger partial charge in [0.05, 0.1) is 18.8 Å². The fourth-order valence-corrected chi connectivity index (χ4v) is 4.04. The Morgan fingerprint density at radius 3 is 2.70 bits per heavy atom. The van der Waals surface area contributed by atoms with Crippen LogP contribution in [-0.4, -0.2) is 34.6 Å². The summed E-state index contributed by atoms with van der Waals surface area (Å²) in [5, 5.41) is 10.3. The summed E-state index contributed by atoms with van der Waals surface area (Å²) in [6.07, 6.45) is 2.45. The molecule has 5 heteroatoms. The van der Waals surface area contributed by atoms with Crippen LogP contribution in [0.5, 0.6) is 0 Å². The van der Waals surface area contributed by atoms with Crippen molar-refractivity contribution < 1.29 is 19.4 Å². The van der Waals surface area contributed by atoms with Gasteiger partial charge >= 0.3 is 5.97 Å². The molecule has 0 atom stereocenters. The van der Waals surface area contributed by atoms with Gasteiger partial charge in [-0.3, -0.25) is 0 Å². The second kappa shape index (κ2) is 5.08. The number of aromatic carboxylic acids is 1. The fourth-order valence-electron chi connectivity index (χ4n) is 4.04. The van der Waals surface area contributed by atoms with Gasteiger partial charge in [0, 0.05) is 35.5 Å². The van der Waals surface area contributed by atoms with Gasteiger partial charge in [0.1, 0.15) is 0 Å². The van der Waals surface area contributed by atoms with Crippen molar-refractivity contribution in [1.29, 1.82) is 0 Å². The van der Waals surface area contributed by atoms with Crippen LogP contribution in [0.25, 0.3) is 10.9 Å². The lowest BCUT2D eigenvalue weighted by molar-refractivity contribution is -0.163. The summed E-state index contributed by atoms with van der Waals surface area (Å²) < 4.78 is 14.1. The van der Waals surface area contributed by atoms with Crippen LogP contribution in [0.1, 0.15) is 47.9 Å². The van der Waals surface area contributed by atoms with Gasteiger partial charge in [-0.15, -0.1) is 0 Å². The molecule has 1 aliphatic heterocycles. The summed E-state index contributed by atoms with van der Waals surface area (Å²) >= 11 is 0. The minimum Gasteiger partial charge on any atom is -0.478 e. The van der Waals surface area contributed by atoms with Crippen LogP contribution in [-0.2, 0) is 22.3 Å². The van der Waals surface area contributed by atoms with Gasteiger partial charge in [0.25, 0.3) is 0 Å². The molecule has 2 aromatic rings. The quantitative estimate of drug-likeness (QED) is 0.925. The third-order valence-electron chi connectivity index (χ3n) is 4.99. The molecule has 4 rings (SSSR count). The van der Waals surface area contributed by atoms with Crippen molar-refractivity contribution in [3.63, 3.8) is 0 Å². The first-order chi connectivity index (χ1) is 11.0. The lowest BCUT2D eigenvalue weighted by Crippen LogP contribution is -2.37. The summed E-state index contributed by atoms with van der Waals surface area (Å²) in [7, 11) is 0. The Morgan fingerprint density at radius 1 is 1.30 bits per heavy atom. The number of carbonyl (C=O) groups is 1. The van der Waals surface area contributed by atoms with Crippen molar-refractivity contribution in [2.75, 3.05) is 13.2 Å². The van der Waals surface area contributed by atoms with Crippen molar-refractivity contribution in [3.8, 4) is 0 Å². The zero-order chi connectivity index (χ0) is 16.2. The molecule has 1 aliphatic carbocycles. The zero-order valence-corrected chi connectivity index (χ0v) is 13.5. The monoisotopic (exact) mass is 315 g/mol. The molecule has 5 nitrogen and oxygen atoms in total. The molecule has 1 aromatic carbocycles. The summed E-state index contributed by atoms with van der Waals surface area (Å²) in [5.74, 6) is -1.40. The Bertz CT molecular complexity index is 784. The number of carboxylic acid groups (broad SMARTS) is 1. The van der Waals surface area contributed by atoms with E-state index in [1.54, 1.807) is 12.1 Å². The summed E-state index contributed by atoms with van der Waals surface area (Å²) in [6, 6.07) is 5.74. The number of carboxylic acids is 1. The molecule has 0 amide bonds. The largest absolute Gasteiger partial charge is 0.478 e. The molecule has 1 fully saturated rings. The minimum atomic E-state index is -0.892. The SMILES string of the molecule is CC(C)n1c2c(c3cc(C(=O)O)ccc31)CC1(CC2)OCCO1. The van der Waals surface area contributed by atoms with Crippen molar-refractivity contribution in [2.24, 2.45) is 0 Å². The highest BCUT2D eigenvalue weighted by Crippen LogP contribution is 2.41. The molecule has 0 saturated carbocycles. The molecular weight excluding hydrogens is 294 g/mol. The van der Waals surface area contributed by atoms with E-state index < -0.39 is 11.8 Å². The molecule has 2 aliphatic rings. The van der Waals surface area contributed by atoms with Gasteiger partial charge in [-0.05, 0) is 44.0 Å². The van der Waals surface area contributed by atoms with Crippen molar-refractivity contribution in [2.45, 2.75) is 44.9 Å². The van der Waals surface area contributed by atoms with Crippen LogP contribution in [0.15, 0.2) is 18.2 Å². The number of ether oxygens (including phenoxy) is 2. The van der Waals surface area contributed by atoms with E-state index in [1.165, 1.54) is 11.3 Å². The van der Waals surface area contributed by atoms with E-state index in [0.29, 0.717) is 31.2 Å². The van der Waals surface area contributed by atoms with Crippen LogP contribution in [0.2, 0.25) is 0 Å². The van der Waals surface area contributed by atoms with Crippen LogP contribution in [0, 0.1) is 0 Å². The van der Waals surface area contributed by atoms with Crippen LogP contribution < -0.4 is 0 Å². The second-order valence-corrected chi connectivity index (χ2v) is 6.71. The standard InChI is InChI=1S/C18H21NO4/c1-11(2)19-15-4-3-12(17(20)21)9-13(15)14-10-18(6-5-16(14)19)22-7-8-23-18/h3-4,9,11H,5-8,10H2,1-2H3,(H,20,21). The smallest absolute Gasteiger partial charge is 0.335 e. The Kier molecular flexibility index (Phi) is 3.25. The molecule has 122 valence electrons. The number of nitrogens with zero attached hydrogens (tertiary/aromatic N) is 1. The average molecular weight is 315 g/mol. The van der Waals surface area contributed by atoms with E-state index >= 15 is 0 Å². The Hall–Kier alpha value is -1.85. The Morgan fingerprint density at radius 2 is 2.04 bits per heavy atom. The Labute approximate surface area is 134 Å². The van der Waals surface area contributed by atoms with Crippen molar-refractivity contribution >= 4 is 16.9 Å². The normalized spacial score (nSPS) is 19.6. The van der Waals surface area contributed by atoms with E-state index in [-0.39, 0.29) is 0 Å². The van der Waals surface area contributed by atoms with Crippen LogP contribution >= 0.6 is 0 Å². The highest BCUT2D eigenvalue weighted by atomic mass is 16.7. The maximum atomic E-state index is 11.3. The van der Waals surface area contributed by atoms with Gasteiger partial charge in [0.15, 0.2) is 5.79 Å². The molecule has 1 aromatic heterocycles. The number of rotatable bonds is 2. The number of aromatic nitrogens is 1. The predicted molar refractivity (Wildman–Crippen MR) is 85.9 cm³/mol. The van der Waals surface area contributed by atoms with Crippen molar-refractivity contribution in [1.82, 2.24) is 4.57 Å². The maximum absolute atomic E-state index is 11.3. The summed E-state index contributed by atoms with van der Waals surface area (Å²) in [5.41, 5.74) is 3.91. The highest BCUT2D eigenvalue weighted by molar-refractivity contribution is 5.95. The lowest BCUT2D eigenvalue weighted by Gasteiger charge is -2.32. The molecular formula is C18H21NO4. The number of hydrogen-bond acceptors (Lipinski definition) is 3. The van der Waals surface area contributed by atoms with Gasteiger partial charge in [-0.25, -0.2) is 4.79 Å². The minimum absolute atomic E-state index is 0.328. The van der Waals surface area contributed by atoms with Gasteiger partial charge in [-0.2, -0.15) is 0 Å². The topological polar surface area (TPSA) is 60.7 Å². The molecule has 2 heterocycles. The molecule has 1 saturated heterocycles. The highest BCUT2D eigenvalue weighted by Gasteiger charge is 2.42. The lowest BCUT2D eigenvalue weighted by atomic mass is 9.90. The first-order valence-corrected chi connectivity index (χ1v) is 8.18. The first kappa shape index (κ1) is 14.7. The average Bonchev–Trinajstić information content (AvgIpc) is 3.09. The molecule has 0 radical (unpaired) electrons. The summed E-state index contributed by atoms with van der Waals surface area (Å²) in [6.45, 7) is 5.60. The van der Waals surface area contributed by atoms with E-state index in [2.05, 4.69) is 18.4 Å². The zero-order valence-electron chi connectivity index (χ0n) is 13.5. The number of hydrogen-bond donors (Lipinski definition) is 1. The third kappa shape index (κ3) is 2.18. The van der Waals surface area contributed by atoms with Crippen molar-refractivity contribution in [3.05, 3.63) is 35.0 Å².